The molecule has 1 aromatic heterocycles. The Morgan fingerprint density at radius 2 is 1.96 bits per heavy atom. The molecule has 0 saturated carbocycles. The fourth-order valence-corrected chi connectivity index (χ4v) is 2.79. The summed E-state index contributed by atoms with van der Waals surface area (Å²) in [5, 5.41) is 9.79. The van der Waals surface area contributed by atoms with Crippen molar-refractivity contribution in [3.8, 4) is 23.1 Å². The SMILES string of the molecule is CSc1nc(-c2ccccc2COc2ccc(F)cc2)c(C#N)c(=O)[nH]1. The number of nitrogens with zero attached hydrogens (tertiary/aromatic N) is 2. The van der Waals surface area contributed by atoms with Crippen molar-refractivity contribution in [3.05, 3.63) is 75.8 Å². The van der Waals surface area contributed by atoms with E-state index in [4.69, 9.17) is 4.74 Å². The fraction of sp³-hybridized carbons (Fsp3) is 0.105. The lowest BCUT2D eigenvalue weighted by atomic mass is 10.0. The zero-order valence-electron chi connectivity index (χ0n) is 13.8. The summed E-state index contributed by atoms with van der Waals surface area (Å²) in [6.45, 7) is 0.190. The Morgan fingerprint density at radius 3 is 2.65 bits per heavy atom. The van der Waals surface area contributed by atoms with Gasteiger partial charge in [-0.15, -0.1) is 0 Å². The second kappa shape index (κ2) is 7.85. The van der Waals surface area contributed by atoms with Crippen LogP contribution in [0.25, 0.3) is 11.3 Å². The molecule has 1 N–H and O–H groups in total. The van der Waals surface area contributed by atoms with E-state index in [-0.39, 0.29) is 18.0 Å². The number of hydrogen-bond donors (Lipinski definition) is 1. The van der Waals surface area contributed by atoms with Gasteiger partial charge in [-0.2, -0.15) is 5.26 Å². The van der Waals surface area contributed by atoms with Crippen LogP contribution in [0.4, 0.5) is 4.39 Å². The number of thioether (sulfide) groups is 1. The van der Waals surface area contributed by atoms with E-state index in [0.29, 0.717) is 22.2 Å². The number of hydrogen-bond acceptors (Lipinski definition) is 5. The number of aromatic nitrogens is 2. The molecule has 2 aromatic carbocycles. The third kappa shape index (κ3) is 3.76. The molecule has 0 saturated heterocycles. The lowest BCUT2D eigenvalue weighted by molar-refractivity contribution is 0.306. The van der Waals surface area contributed by atoms with Crippen molar-refractivity contribution in [2.75, 3.05) is 6.26 Å². The first-order valence-corrected chi connectivity index (χ1v) is 8.90. The second-order valence-corrected chi connectivity index (χ2v) is 6.11. The summed E-state index contributed by atoms with van der Waals surface area (Å²) in [6.07, 6.45) is 1.79. The van der Waals surface area contributed by atoms with Crippen molar-refractivity contribution in [3.63, 3.8) is 0 Å². The minimum Gasteiger partial charge on any atom is -0.489 e. The molecule has 0 spiro atoms. The summed E-state index contributed by atoms with van der Waals surface area (Å²) in [5.74, 6) is 0.180. The lowest BCUT2D eigenvalue weighted by Gasteiger charge is -2.12. The third-order valence-corrected chi connectivity index (χ3v) is 4.26. The van der Waals surface area contributed by atoms with E-state index >= 15 is 0 Å². The summed E-state index contributed by atoms with van der Waals surface area (Å²) in [4.78, 5) is 19.1. The Kier molecular flexibility index (Phi) is 5.34. The molecule has 0 amide bonds. The van der Waals surface area contributed by atoms with Gasteiger partial charge in [-0.3, -0.25) is 4.79 Å². The molecule has 0 fully saturated rings. The van der Waals surface area contributed by atoms with Gasteiger partial charge in [0, 0.05) is 5.56 Å². The summed E-state index contributed by atoms with van der Waals surface area (Å²) < 4.78 is 18.7. The molecule has 26 heavy (non-hydrogen) atoms. The van der Waals surface area contributed by atoms with Crippen LogP contribution in [0.5, 0.6) is 5.75 Å². The van der Waals surface area contributed by atoms with E-state index in [9.17, 15) is 14.4 Å². The minimum absolute atomic E-state index is 0.0444. The van der Waals surface area contributed by atoms with Gasteiger partial charge in [0.1, 0.15) is 29.8 Å². The number of halogens is 1. The molecule has 7 heteroatoms. The Labute approximate surface area is 153 Å². The summed E-state index contributed by atoms with van der Waals surface area (Å²) in [6, 6.07) is 14.9. The normalized spacial score (nSPS) is 10.3. The van der Waals surface area contributed by atoms with Crippen LogP contribution in [0.3, 0.4) is 0 Å². The molecule has 0 bridgehead atoms. The predicted octanol–water partition coefficient (Wildman–Crippen LogP) is 3.75. The fourth-order valence-electron chi connectivity index (χ4n) is 2.42. The molecule has 0 unspecified atom stereocenters. The number of nitriles is 1. The molecule has 130 valence electrons. The lowest BCUT2D eigenvalue weighted by Crippen LogP contribution is -2.15. The van der Waals surface area contributed by atoms with E-state index in [0.717, 1.165) is 5.56 Å². The van der Waals surface area contributed by atoms with Gasteiger partial charge in [0.05, 0.1) is 5.69 Å². The highest BCUT2D eigenvalue weighted by atomic mass is 32.2. The van der Waals surface area contributed by atoms with Crippen LogP contribution in [0.1, 0.15) is 11.1 Å². The van der Waals surface area contributed by atoms with Crippen molar-refractivity contribution in [2.24, 2.45) is 0 Å². The minimum atomic E-state index is -0.476. The van der Waals surface area contributed by atoms with E-state index in [1.807, 2.05) is 18.2 Å². The number of rotatable bonds is 5. The molecule has 0 aliphatic heterocycles. The maximum absolute atomic E-state index is 13.0. The van der Waals surface area contributed by atoms with E-state index in [1.165, 1.54) is 36.0 Å². The number of nitrogens with one attached hydrogen (secondary N) is 1. The van der Waals surface area contributed by atoms with Crippen LogP contribution in [-0.2, 0) is 6.61 Å². The van der Waals surface area contributed by atoms with Crippen LogP contribution in [0, 0.1) is 17.1 Å². The number of H-pyrrole nitrogens is 1. The maximum Gasteiger partial charge on any atom is 0.270 e. The van der Waals surface area contributed by atoms with Crippen molar-refractivity contribution >= 4 is 11.8 Å². The molecule has 1 heterocycles. The van der Waals surface area contributed by atoms with Crippen molar-refractivity contribution in [1.29, 1.82) is 5.26 Å². The van der Waals surface area contributed by atoms with Gasteiger partial charge in [-0.05, 0) is 36.1 Å². The van der Waals surface area contributed by atoms with Gasteiger partial charge >= 0.3 is 0 Å². The molecule has 0 atom stereocenters. The van der Waals surface area contributed by atoms with E-state index in [2.05, 4.69) is 9.97 Å². The number of aromatic amines is 1. The van der Waals surface area contributed by atoms with Crippen molar-refractivity contribution in [2.45, 2.75) is 11.8 Å². The van der Waals surface area contributed by atoms with Gasteiger partial charge in [0.25, 0.3) is 5.56 Å². The quantitative estimate of drug-likeness (QED) is 0.549. The predicted molar refractivity (Wildman–Crippen MR) is 97.5 cm³/mol. The number of benzene rings is 2. The maximum atomic E-state index is 13.0. The number of ether oxygens (including phenoxy) is 1. The summed E-state index contributed by atoms with van der Waals surface area (Å²) in [5.41, 5.74) is 1.21. The first-order chi connectivity index (χ1) is 12.6. The molecule has 3 rings (SSSR count). The summed E-state index contributed by atoms with van der Waals surface area (Å²) >= 11 is 1.29. The third-order valence-electron chi connectivity index (χ3n) is 3.68. The zero-order valence-corrected chi connectivity index (χ0v) is 14.6. The topological polar surface area (TPSA) is 78.8 Å². The first kappa shape index (κ1) is 17.7. The second-order valence-electron chi connectivity index (χ2n) is 5.31. The summed E-state index contributed by atoms with van der Waals surface area (Å²) in [7, 11) is 0. The standard InChI is InChI=1S/C19H14FN3O2S/c1-26-19-22-17(16(10-21)18(24)23-19)15-5-3-2-4-12(15)11-25-14-8-6-13(20)7-9-14/h2-9H,11H2,1H3,(H,22,23,24). The molecular formula is C19H14FN3O2S. The van der Waals surface area contributed by atoms with Crippen molar-refractivity contribution in [1.82, 2.24) is 9.97 Å². The van der Waals surface area contributed by atoms with Gasteiger partial charge in [0.2, 0.25) is 0 Å². The highest BCUT2D eigenvalue weighted by molar-refractivity contribution is 7.98. The van der Waals surface area contributed by atoms with E-state index < -0.39 is 5.56 Å². The van der Waals surface area contributed by atoms with Gasteiger partial charge in [0.15, 0.2) is 5.16 Å². The largest absolute Gasteiger partial charge is 0.489 e. The molecule has 0 aliphatic carbocycles. The monoisotopic (exact) mass is 367 g/mol. The average molecular weight is 367 g/mol. The zero-order chi connectivity index (χ0) is 18.5. The molecule has 0 radical (unpaired) electrons. The smallest absolute Gasteiger partial charge is 0.270 e. The average Bonchev–Trinajstić information content (AvgIpc) is 2.67. The van der Waals surface area contributed by atoms with E-state index in [1.54, 1.807) is 18.4 Å². The Morgan fingerprint density at radius 1 is 1.23 bits per heavy atom. The van der Waals surface area contributed by atoms with Gasteiger partial charge < -0.3 is 9.72 Å². The van der Waals surface area contributed by atoms with Crippen LogP contribution >= 0.6 is 11.8 Å². The highest BCUT2D eigenvalue weighted by Gasteiger charge is 2.16. The van der Waals surface area contributed by atoms with Crippen LogP contribution in [0.15, 0.2) is 58.5 Å². The molecule has 3 aromatic rings. The molecule has 5 nitrogen and oxygen atoms in total. The van der Waals surface area contributed by atoms with Gasteiger partial charge in [-0.25, -0.2) is 9.37 Å². The van der Waals surface area contributed by atoms with Gasteiger partial charge in [-0.1, -0.05) is 36.0 Å². The molecule has 0 aliphatic rings. The van der Waals surface area contributed by atoms with Crippen molar-refractivity contribution < 1.29 is 9.13 Å². The van der Waals surface area contributed by atoms with Crippen LogP contribution in [-0.4, -0.2) is 16.2 Å². The Bertz CT molecular complexity index is 1030. The van der Waals surface area contributed by atoms with Crippen LogP contribution in [0.2, 0.25) is 0 Å². The molecular weight excluding hydrogens is 353 g/mol. The van der Waals surface area contributed by atoms with Crippen LogP contribution < -0.4 is 10.3 Å². The highest BCUT2D eigenvalue weighted by Crippen LogP contribution is 2.26. The Balaban J connectivity index is 2.00. The Hall–Kier alpha value is -3.11. The first-order valence-electron chi connectivity index (χ1n) is 7.67.